The van der Waals surface area contributed by atoms with Crippen molar-refractivity contribution in [2.75, 3.05) is 13.7 Å². The van der Waals surface area contributed by atoms with Crippen molar-refractivity contribution >= 4 is 16.1 Å². The van der Waals surface area contributed by atoms with Crippen LogP contribution < -0.4 is 10.5 Å². The molecule has 0 atom stereocenters. The summed E-state index contributed by atoms with van der Waals surface area (Å²) in [5.74, 6) is -0.500. The van der Waals surface area contributed by atoms with Gasteiger partial charge in [-0.25, -0.2) is 4.79 Å². The number of methoxy groups -OCH3 is 1. The molecule has 0 aliphatic rings. The number of rotatable bonds is 4. The molecule has 0 aromatic heterocycles. The van der Waals surface area contributed by atoms with Crippen molar-refractivity contribution in [2.45, 2.75) is 4.90 Å². The van der Waals surface area contributed by atoms with Crippen LogP contribution in [-0.4, -0.2) is 28.0 Å². The topological polar surface area (TPSA) is 95.7 Å². The molecular weight excluding hydrogens is 234 g/mol. The summed E-state index contributed by atoms with van der Waals surface area (Å²) in [6.45, 7) is -0.491. The Kier molecular flexibility index (Phi) is 3.86. The summed E-state index contributed by atoms with van der Waals surface area (Å²) < 4.78 is 32.0. The highest BCUT2D eigenvalue weighted by atomic mass is 32.2. The van der Waals surface area contributed by atoms with E-state index in [-0.39, 0.29) is 4.90 Å². The Hall–Kier alpha value is -1.60. The summed E-state index contributed by atoms with van der Waals surface area (Å²) in [6.07, 6.45) is 0. The van der Waals surface area contributed by atoms with Crippen LogP contribution in [0.1, 0.15) is 0 Å². The summed E-state index contributed by atoms with van der Waals surface area (Å²) in [7, 11) is -2.63. The van der Waals surface area contributed by atoms with Gasteiger partial charge in [-0.3, -0.25) is 0 Å². The van der Waals surface area contributed by atoms with E-state index in [1.165, 1.54) is 31.4 Å². The molecule has 0 aliphatic carbocycles. The van der Waals surface area contributed by atoms with Gasteiger partial charge in [0.2, 0.25) is 0 Å². The minimum Gasteiger partial charge on any atom is -0.497 e. The fourth-order valence-corrected chi connectivity index (χ4v) is 1.83. The highest BCUT2D eigenvalue weighted by molar-refractivity contribution is 7.87. The molecule has 0 fully saturated rings. The maximum absolute atomic E-state index is 11.5. The van der Waals surface area contributed by atoms with Crippen LogP contribution in [-0.2, 0) is 19.1 Å². The third kappa shape index (κ3) is 2.94. The molecule has 0 aliphatic heterocycles. The Bertz CT molecular complexity index is 465. The van der Waals surface area contributed by atoms with Gasteiger partial charge in [0, 0.05) is 0 Å². The first kappa shape index (κ1) is 12.5. The molecular formula is C9H11NO5S. The molecule has 7 heteroatoms. The van der Waals surface area contributed by atoms with Crippen LogP contribution in [0, 0.1) is 0 Å². The second kappa shape index (κ2) is 4.95. The van der Waals surface area contributed by atoms with Gasteiger partial charge in [-0.15, -0.1) is 0 Å². The van der Waals surface area contributed by atoms with Crippen LogP contribution in [0.4, 0.5) is 0 Å². The van der Waals surface area contributed by atoms with Crippen molar-refractivity contribution in [3.8, 4) is 5.75 Å². The van der Waals surface area contributed by atoms with Crippen molar-refractivity contribution in [3.05, 3.63) is 24.3 Å². The van der Waals surface area contributed by atoms with Gasteiger partial charge in [0.25, 0.3) is 0 Å². The van der Waals surface area contributed by atoms with Gasteiger partial charge in [-0.2, -0.15) is 8.42 Å². The van der Waals surface area contributed by atoms with Crippen molar-refractivity contribution in [3.63, 3.8) is 0 Å². The molecule has 0 saturated carbocycles. The number of hydrogen-bond donors (Lipinski definition) is 1. The van der Waals surface area contributed by atoms with E-state index in [0.29, 0.717) is 5.75 Å². The van der Waals surface area contributed by atoms with E-state index in [0.717, 1.165) is 0 Å². The summed E-state index contributed by atoms with van der Waals surface area (Å²) in [5.41, 5.74) is 4.94. The van der Waals surface area contributed by atoms with Crippen molar-refractivity contribution in [1.82, 2.24) is 0 Å². The Balaban J connectivity index is 2.94. The normalized spacial score (nSPS) is 10.9. The molecule has 1 aromatic rings. The molecule has 0 spiro atoms. The lowest BCUT2D eigenvalue weighted by molar-refractivity contribution is -0.132. The van der Waals surface area contributed by atoms with Crippen LogP contribution in [0.2, 0.25) is 0 Å². The lowest BCUT2D eigenvalue weighted by Crippen LogP contribution is -2.20. The summed E-state index contributed by atoms with van der Waals surface area (Å²) in [4.78, 5) is 10.6. The monoisotopic (exact) mass is 245 g/mol. The zero-order valence-corrected chi connectivity index (χ0v) is 9.36. The maximum atomic E-state index is 11.5. The Morgan fingerprint density at radius 2 is 1.88 bits per heavy atom. The predicted octanol–water partition coefficient (Wildman–Crippen LogP) is -0.114. The number of nitrogens with two attached hydrogens (primary N) is 1. The zero-order valence-electron chi connectivity index (χ0n) is 8.54. The zero-order chi connectivity index (χ0) is 12.2. The lowest BCUT2D eigenvalue weighted by Gasteiger charge is -2.05. The molecule has 1 aromatic carbocycles. The van der Waals surface area contributed by atoms with E-state index in [1.54, 1.807) is 0 Å². The van der Waals surface area contributed by atoms with Gasteiger partial charge in [-0.05, 0) is 24.3 Å². The third-order valence-corrected chi connectivity index (χ3v) is 2.97. The summed E-state index contributed by atoms with van der Waals surface area (Å²) in [6, 6.07) is 5.45. The van der Waals surface area contributed by atoms with Gasteiger partial charge in [0.05, 0.1) is 13.7 Å². The molecule has 2 N–H and O–H groups in total. The molecule has 88 valence electrons. The van der Waals surface area contributed by atoms with Gasteiger partial charge >= 0.3 is 16.1 Å². The standard InChI is InChI=1S/C9H11NO5S/c1-14-7-2-4-8(5-3-7)16(12,13)15-9(11)6-10/h2-5H,6,10H2,1H3. The molecule has 0 saturated heterocycles. The average molecular weight is 245 g/mol. The van der Waals surface area contributed by atoms with Gasteiger partial charge in [-0.1, -0.05) is 0 Å². The van der Waals surface area contributed by atoms with E-state index in [2.05, 4.69) is 4.18 Å². The molecule has 0 heterocycles. The summed E-state index contributed by atoms with van der Waals surface area (Å²) in [5, 5.41) is 0. The Morgan fingerprint density at radius 3 is 2.31 bits per heavy atom. The van der Waals surface area contributed by atoms with Gasteiger partial charge < -0.3 is 14.7 Å². The van der Waals surface area contributed by atoms with Crippen LogP contribution in [0.15, 0.2) is 29.2 Å². The lowest BCUT2D eigenvalue weighted by atomic mass is 10.3. The molecule has 0 bridgehead atoms. The highest BCUT2D eigenvalue weighted by Gasteiger charge is 2.18. The molecule has 0 amide bonds. The minimum absolute atomic E-state index is 0.130. The van der Waals surface area contributed by atoms with Crippen molar-refractivity contribution in [1.29, 1.82) is 0 Å². The number of carbonyl (C=O) groups excluding carboxylic acids is 1. The van der Waals surface area contributed by atoms with E-state index < -0.39 is 22.6 Å². The van der Waals surface area contributed by atoms with Crippen LogP contribution >= 0.6 is 0 Å². The minimum atomic E-state index is -4.08. The molecule has 0 unspecified atom stereocenters. The van der Waals surface area contributed by atoms with E-state index in [1.807, 2.05) is 0 Å². The molecule has 1 rings (SSSR count). The first-order valence-corrected chi connectivity index (χ1v) is 5.72. The smallest absolute Gasteiger partial charge is 0.341 e. The molecule has 16 heavy (non-hydrogen) atoms. The number of ether oxygens (including phenoxy) is 1. The van der Waals surface area contributed by atoms with E-state index in [4.69, 9.17) is 10.5 Å². The second-order valence-electron chi connectivity index (χ2n) is 2.79. The summed E-state index contributed by atoms with van der Waals surface area (Å²) >= 11 is 0. The van der Waals surface area contributed by atoms with E-state index in [9.17, 15) is 13.2 Å². The van der Waals surface area contributed by atoms with Crippen LogP contribution in [0.25, 0.3) is 0 Å². The molecule has 6 nitrogen and oxygen atoms in total. The Labute approximate surface area is 93.1 Å². The fraction of sp³-hybridized carbons (Fsp3) is 0.222. The first-order chi connectivity index (χ1) is 7.49. The third-order valence-electron chi connectivity index (χ3n) is 1.72. The SMILES string of the molecule is COc1ccc(S(=O)(=O)OC(=O)CN)cc1. The second-order valence-corrected chi connectivity index (χ2v) is 4.34. The Morgan fingerprint density at radius 1 is 1.31 bits per heavy atom. The molecule has 0 radical (unpaired) electrons. The van der Waals surface area contributed by atoms with Crippen molar-refractivity contribution < 1.29 is 22.1 Å². The van der Waals surface area contributed by atoms with Crippen LogP contribution in [0.3, 0.4) is 0 Å². The van der Waals surface area contributed by atoms with E-state index >= 15 is 0 Å². The predicted molar refractivity (Wildman–Crippen MR) is 55.3 cm³/mol. The van der Waals surface area contributed by atoms with Gasteiger partial charge in [0.15, 0.2) is 0 Å². The van der Waals surface area contributed by atoms with Gasteiger partial charge in [0.1, 0.15) is 10.6 Å². The van der Waals surface area contributed by atoms with Crippen LogP contribution in [0.5, 0.6) is 5.75 Å². The number of benzene rings is 1. The van der Waals surface area contributed by atoms with Crippen molar-refractivity contribution in [2.24, 2.45) is 5.73 Å². The average Bonchev–Trinajstić information content (AvgIpc) is 2.28. The largest absolute Gasteiger partial charge is 0.497 e. The first-order valence-electron chi connectivity index (χ1n) is 4.31. The number of hydrogen-bond acceptors (Lipinski definition) is 6. The fourth-order valence-electron chi connectivity index (χ4n) is 0.947. The quantitative estimate of drug-likeness (QED) is 0.743. The highest BCUT2D eigenvalue weighted by Crippen LogP contribution is 2.17. The number of carbonyl (C=O) groups is 1. The maximum Gasteiger partial charge on any atom is 0.341 e.